The number of benzene rings is 2. The minimum Gasteiger partial charge on any atom is -0.346 e. The number of carbonyl (C=O) groups is 2. The van der Waals surface area contributed by atoms with E-state index < -0.39 is 0 Å². The molecule has 1 fully saturated rings. The van der Waals surface area contributed by atoms with Crippen LogP contribution in [0.4, 0.5) is 5.69 Å². The van der Waals surface area contributed by atoms with E-state index in [-0.39, 0.29) is 30.2 Å². The topological polar surface area (TPSA) is 78.1 Å². The molecule has 3 aromatic rings. The molecule has 138 valence electrons. The second-order valence-corrected chi connectivity index (χ2v) is 7.19. The van der Waals surface area contributed by atoms with E-state index in [1.54, 1.807) is 29.2 Å². The molecule has 2 N–H and O–H groups in total. The highest BCUT2D eigenvalue weighted by Gasteiger charge is 2.35. The molecule has 7 heteroatoms. The number of halogens is 1. The molecule has 2 unspecified atom stereocenters. The lowest BCUT2D eigenvalue weighted by Crippen LogP contribution is -2.35. The monoisotopic (exact) mass is 382 g/mol. The third-order valence-corrected chi connectivity index (χ3v) is 5.06. The first-order valence-corrected chi connectivity index (χ1v) is 9.20. The normalized spacial score (nSPS) is 18.1. The summed E-state index contributed by atoms with van der Waals surface area (Å²) in [5, 5.41) is 3.58. The fourth-order valence-electron chi connectivity index (χ4n) is 3.33. The number of carbonyl (C=O) groups excluding carboxylic acids is 2. The first-order chi connectivity index (χ1) is 13.0. The molecule has 4 rings (SSSR count). The van der Waals surface area contributed by atoms with Gasteiger partial charge in [0.25, 0.3) is 0 Å². The first kappa shape index (κ1) is 17.5. The zero-order chi connectivity index (χ0) is 19.0. The van der Waals surface area contributed by atoms with E-state index in [1.807, 2.05) is 31.2 Å². The predicted molar refractivity (Wildman–Crippen MR) is 105 cm³/mol. The van der Waals surface area contributed by atoms with Crippen LogP contribution in [0.3, 0.4) is 0 Å². The van der Waals surface area contributed by atoms with Crippen LogP contribution >= 0.6 is 11.6 Å². The Kier molecular flexibility index (Phi) is 4.58. The zero-order valence-electron chi connectivity index (χ0n) is 14.8. The first-order valence-electron chi connectivity index (χ1n) is 8.82. The van der Waals surface area contributed by atoms with E-state index in [9.17, 15) is 9.59 Å². The van der Waals surface area contributed by atoms with Gasteiger partial charge in [-0.3, -0.25) is 9.59 Å². The van der Waals surface area contributed by atoms with Gasteiger partial charge in [-0.05, 0) is 43.3 Å². The van der Waals surface area contributed by atoms with Crippen molar-refractivity contribution in [3.8, 4) is 0 Å². The SMILES string of the molecule is CC(NC(=O)C1CC(=O)N(c2ccc(Cl)cc2)C1)c1nc2ccccc2[nH]1. The van der Waals surface area contributed by atoms with E-state index in [4.69, 9.17) is 11.6 Å². The summed E-state index contributed by atoms with van der Waals surface area (Å²) in [6, 6.07) is 14.5. The molecule has 0 saturated carbocycles. The summed E-state index contributed by atoms with van der Waals surface area (Å²) in [4.78, 5) is 34.4. The lowest BCUT2D eigenvalue weighted by Gasteiger charge is -2.18. The molecule has 2 heterocycles. The number of aromatic amines is 1. The molecule has 2 aromatic carbocycles. The van der Waals surface area contributed by atoms with Crippen LogP contribution in [0.1, 0.15) is 25.2 Å². The number of hydrogen-bond acceptors (Lipinski definition) is 3. The van der Waals surface area contributed by atoms with Crippen molar-refractivity contribution in [3.63, 3.8) is 0 Å². The van der Waals surface area contributed by atoms with Crippen LogP contribution < -0.4 is 10.2 Å². The molecule has 6 nitrogen and oxygen atoms in total. The number of hydrogen-bond donors (Lipinski definition) is 2. The molecule has 0 aliphatic carbocycles. The Bertz CT molecular complexity index is 966. The molecular weight excluding hydrogens is 364 g/mol. The average Bonchev–Trinajstić information content (AvgIpc) is 3.26. The second-order valence-electron chi connectivity index (χ2n) is 6.75. The van der Waals surface area contributed by atoms with Crippen molar-refractivity contribution in [2.24, 2.45) is 5.92 Å². The molecule has 0 bridgehead atoms. The number of aromatic nitrogens is 2. The summed E-state index contributed by atoms with van der Waals surface area (Å²) in [5.41, 5.74) is 2.54. The fraction of sp³-hybridized carbons (Fsp3) is 0.250. The lowest BCUT2D eigenvalue weighted by molar-refractivity contribution is -0.126. The Balaban J connectivity index is 1.43. The Morgan fingerprint density at radius 3 is 2.74 bits per heavy atom. The average molecular weight is 383 g/mol. The number of fused-ring (bicyclic) bond motifs is 1. The van der Waals surface area contributed by atoms with Gasteiger partial charge in [0.15, 0.2) is 0 Å². The van der Waals surface area contributed by atoms with Crippen LogP contribution in [-0.4, -0.2) is 28.3 Å². The molecule has 27 heavy (non-hydrogen) atoms. The van der Waals surface area contributed by atoms with E-state index in [0.29, 0.717) is 17.4 Å². The molecule has 1 aromatic heterocycles. The summed E-state index contributed by atoms with van der Waals surface area (Å²) >= 11 is 5.90. The maximum Gasteiger partial charge on any atom is 0.227 e. The summed E-state index contributed by atoms with van der Waals surface area (Å²) in [7, 11) is 0. The summed E-state index contributed by atoms with van der Waals surface area (Å²) in [5.74, 6) is 0.102. The van der Waals surface area contributed by atoms with Crippen molar-refractivity contribution in [2.45, 2.75) is 19.4 Å². The Morgan fingerprint density at radius 2 is 2.00 bits per heavy atom. The quantitative estimate of drug-likeness (QED) is 0.725. The third-order valence-electron chi connectivity index (χ3n) is 4.81. The Hall–Kier alpha value is -2.86. The molecular formula is C20H19ClN4O2. The highest BCUT2D eigenvalue weighted by Crippen LogP contribution is 2.27. The molecule has 2 atom stereocenters. The summed E-state index contributed by atoms with van der Waals surface area (Å²) in [6.07, 6.45) is 0.196. The van der Waals surface area contributed by atoms with E-state index in [2.05, 4.69) is 15.3 Å². The second kappa shape index (κ2) is 7.04. The highest BCUT2D eigenvalue weighted by molar-refractivity contribution is 6.30. The number of imidazole rings is 1. The smallest absolute Gasteiger partial charge is 0.227 e. The molecule has 1 aliphatic rings. The van der Waals surface area contributed by atoms with Gasteiger partial charge in [-0.15, -0.1) is 0 Å². The van der Waals surface area contributed by atoms with Crippen LogP contribution in [0.15, 0.2) is 48.5 Å². The fourth-order valence-corrected chi connectivity index (χ4v) is 3.46. The van der Waals surface area contributed by atoms with Crippen molar-refractivity contribution >= 4 is 40.1 Å². The van der Waals surface area contributed by atoms with Crippen LogP contribution in [0.2, 0.25) is 5.02 Å². The molecule has 1 aliphatic heterocycles. The van der Waals surface area contributed by atoms with Crippen LogP contribution in [0.25, 0.3) is 11.0 Å². The van der Waals surface area contributed by atoms with E-state index in [0.717, 1.165) is 16.7 Å². The zero-order valence-corrected chi connectivity index (χ0v) is 15.5. The third kappa shape index (κ3) is 3.53. The minimum atomic E-state index is -0.389. The molecule has 2 amide bonds. The van der Waals surface area contributed by atoms with Gasteiger partial charge in [0.2, 0.25) is 11.8 Å². The number of amides is 2. The number of para-hydroxylation sites is 2. The van der Waals surface area contributed by atoms with Gasteiger partial charge >= 0.3 is 0 Å². The lowest BCUT2D eigenvalue weighted by atomic mass is 10.1. The number of H-pyrrole nitrogens is 1. The molecule has 0 radical (unpaired) electrons. The van der Waals surface area contributed by atoms with Crippen LogP contribution in [0, 0.1) is 5.92 Å². The summed E-state index contributed by atoms with van der Waals surface area (Å²) in [6.45, 7) is 2.24. The van der Waals surface area contributed by atoms with Crippen molar-refractivity contribution < 1.29 is 9.59 Å². The Labute approximate surface area is 161 Å². The number of anilines is 1. The molecule has 0 spiro atoms. The van der Waals surface area contributed by atoms with Gasteiger partial charge in [0, 0.05) is 23.7 Å². The van der Waals surface area contributed by atoms with Gasteiger partial charge in [0.05, 0.1) is 23.0 Å². The van der Waals surface area contributed by atoms with Crippen molar-refractivity contribution in [2.75, 3.05) is 11.4 Å². The number of nitrogens with zero attached hydrogens (tertiary/aromatic N) is 2. The van der Waals surface area contributed by atoms with Crippen molar-refractivity contribution in [1.29, 1.82) is 0 Å². The largest absolute Gasteiger partial charge is 0.346 e. The van der Waals surface area contributed by atoms with E-state index in [1.165, 1.54) is 0 Å². The van der Waals surface area contributed by atoms with Gasteiger partial charge in [-0.1, -0.05) is 23.7 Å². The van der Waals surface area contributed by atoms with Gasteiger partial charge in [-0.2, -0.15) is 0 Å². The summed E-state index contributed by atoms with van der Waals surface area (Å²) < 4.78 is 0. The molecule has 1 saturated heterocycles. The minimum absolute atomic E-state index is 0.0612. The number of rotatable bonds is 4. The van der Waals surface area contributed by atoms with Crippen molar-refractivity contribution in [3.05, 3.63) is 59.4 Å². The highest BCUT2D eigenvalue weighted by atomic mass is 35.5. The van der Waals surface area contributed by atoms with Gasteiger partial charge < -0.3 is 15.2 Å². The predicted octanol–water partition coefficient (Wildman–Crippen LogP) is 3.45. The van der Waals surface area contributed by atoms with E-state index >= 15 is 0 Å². The van der Waals surface area contributed by atoms with Gasteiger partial charge in [0.1, 0.15) is 5.82 Å². The number of nitrogens with one attached hydrogen (secondary N) is 2. The maximum absolute atomic E-state index is 12.7. The van der Waals surface area contributed by atoms with Crippen molar-refractivity contribution in [1.82, 2.24) is 15.3 Å². The van der Waals surface area contributed by atoms with Crippen LogP contribution in [0.5, 0.6) is 0 Å². The maximum atomic E-state index is 12.7. The van der Waals surface area contributed by atoms with Crippen LogP contribution in [-0.2, 0) is 9.59 Å². The Morgan fingerprint density at radius 1 is 1.26 bits per heavy atom. The van der Waals surface area contributed by atoms with Gasteiger partial charge in [-0.25, -0.2) is 4.98 Å². The standard InChI is InChI=1S/C20H19ClN4O2/c1-12(19-23-16-4-2-3-5-17(16)24-19)22-20(27)13-10-18(26)25(11-13)15-8-6-14(21)7-9-15/h2-9,12-13H,10-11H2,1H3,(H,22,27)(H,23,24).